The summed E-state index contributed by atoms with van der Waals surface area (Å²) in [6.45, 7) is 5.27. The molecule has 1 spiro atoms. The number of aromatic nitrogens is 2. The van der Waals surface area contributed by atoms with Crippen LogP contribution in [0.3, 0.4) is 0 Å². The van der Waals surface area contributed by atoms with Crippen molar-refractivity contribution in [2.45, 2.75) is 37.8 Å². The largest absolute Gasteiger partial charge is 0.376 e. The van der Waals surface area contributed by atoms with Crippen LogP contribution in [0.4, 0.5) is 5.95 Å². The third-order valence-electron chi connectivity index (χ3n) is 5.98. The average molecular weight is 385 g/mol. The fourth-order valence-corrected chi connectivity index (χ4v) is 4.55. The second-order valence-corrected chi connectivity index (χ2v) is 8.69. The van der Waals surface area contributed by atoms with Crippen molar-refractivity contribution >= 4 is 17.5 Å². The second-order valence-electron chi connectivity index (χ2n) is 8.26. The lowest BCUT2D eigenvalue weighted by Gasteiger charge is -2.34. The first kappa shape index (κ1) is 17.4. The van der Waals surface area contributed by atoms with Gasteiger partial charge in [0.1, 0.15) is 0 Å². The molecule has 0 amide bonds. The first-order valence-corrected chi connectivity index (χ1v) is 10.2. The van der Waals surface area contributed by atoms with E-state index in [1.165, 1.54) is 24.1 Å². The van der Waals surface area contributed by atoms with Crippen LogP contribution in [0.15, 0.2) is 30.5 Å². The topological polar surface area (TPSA) is 50.3 Å². The molecule has 1 aromatic heterocycles. The molecule has 1 aliphatic carbocycles. The molecule has 2 fully saturated rings. The molecule has 0 radical (unpaired) electrons. The predicted octanol–water partition coefficient (Wildman–Crippen LogP) is 3.63. The highest BCUT2D eigenvalue weighted by Gasteiger charge is 2.44. The van der Waals surface area contributed by atoms with E-state index in [1.54, 1.807) is 0 Å². The first-order valence-electron chi connectivity index (χ1n) is 9.85. The molecule has 2 aromatic rings. The van der Waals surface area contributed by atoms with Gasteiger partial charge >= 0.3 is 0 Å². The van der Waals surface area contributed by atoms with E-state index in [2.05, 4.69) is 27.3 Å². The summed E-state index contributed by atoms with van der Waals surface area (Å²) in [5.74, 6) is 1.58. The number of anilines is 1. The second kappa shape index (κ2) is 7.04. The minimum Gasteiger partial charge on any atom is -0.376 e. The van der Waals surface area contributed by atoms with Gasteiger partial charge in [0.2, 0.25) is 5.95 Å². The lowest BCUT2D eigenvalue weighted by molar-refractivity contribution is 0.0503. The molecule has 1 atom stereocenters. The van der Waals surface area contributed by atoms with Gasteiger partial charge in [-0.2, -0.15) is 0 Å². The van der Waals surface area contributed by atoms with Crippen molar-refractivity contribution in [3.05, 3.63) is 52.3 Å². The van der Waals surface area contributed by atoms with Crippen LogP contribution in [-0.4, -0.2) is 41.1 Å². The van der Waals surface area contributed by atoms with Gasteiger partial charge in [-0.15, -0.1) is 0 Å². The van der Waals surface area contributed by atoms with Gasteiger partial charge in [0.25, 0.3) is 0 Å². The predicted molar refractivity (Wildman–Crippen MR) is 106 cm³/mol. The molecule has 6 heteroatoms. The molecule has 1 N–H and O–H groups in total. The Bertz CT molecular complexity index is 841. The van der Waals surface area contributed by atoms with Crippen LogP contribution < -0.4 is 5.32 Å². The maximum absolute atomic E-state index is 6.15. The Balaban J connectivity index is 1.35. The van der Waals surface area contributed by atoms with Crippen molar-refractivity contribution < 1.29 is 4.74 Å². The van der Waals surface area contributed by atoms with Gasteiger partial charge in [0.15, 0.2) is 0 Å². The number of halogens is 1. The zero-order chi connectivity index (χ0) is 18.3. The highest BCUT2D eigenvalue weighted by Crippen LogP contribution is 2.40. The van der Waals surface area contributed by atoms with Gasteiger partial charge in [-0.1, -0.05) is 23.7 Å². The van der Waals surface area contributed by atoms with Crippen molar-refractivity contribution in [3.8, 4) is 0 Å². The van der Waals surface area contributed by atoms with Gasteiger partial charge in [-0.3, -0.25) is 4.90 Å². The maximum Gasteiger partial charge on any atom is 0.222 e. The molecule has 3 heterocycles. The summed E-state index contributed by atoms with van der Waals surface area (Å²) in [7, 11) is 0. The van der Waals surface area contributed by atoms with E-state index in [4.69, 9.17) is 21.3 Å². The molecule has 3 aliphatic rings. The molecule has 1 saturated heterocycles. The third-order valence-corrected chi connectivity index (χ3v) is 6.21. The molecule has 5 nitrogen and oxygen atoms in total. The van der Waals surface area contributed by atoms with Crippen LogP contribution >= 0.6 is 11.6 Å². The summed E-state index contributed by atoms with van der Waals surface area (Å²) < 4.78 is 5.95. The molecule has 1 saturated carbocycles. The van der Waals surface area contributed by atoms with E-state index in [0.717, 1.165) is 61.7 Å². The minimum atomic E-state index is -0.0227. The summed E-state index contributed by atoms with van der Waals surface area (Å²) in [5.41, 5.74) is 3.56. The van der Waals surface area contributed by atoms with E-state index in [9.17, 15) is 0 Å². The van der Waals surface area contributed by atoms with Crippen LogP contribution in [-0.2, 0) is 23.3 Å². The third kappa shape index (κ3) is 3.68. The Morgan fingerprint density at radius 3 is 3.11 bits per heavy atom. The number of likely N-dealkylation sites (tertiary alicyclic amines) is 1. The van der Waals surface area contributed by atoms with Crippen molar-refractivity contribution in [2.75, 3.05) is 31.6 Å². The van der Waals surface area contributed by atoms with Gasteiger partial charge in [-0.05, 0) is 49.4 Å². The zero-order valence-electron chi connectivity index (χ0n) is 15.5. The summed E-state index contributed by atoms with van der Waals surface area (Å²) in [6, 6.07) is 8.15. The number of hydrogen-bond acceptors (Lipinski definition) is 5. The Hall–Kier alpha value is -1.69. The number of hydrogen-bond donors (Lipinski definition) is 1. The smallest absolute Gasteiger partial charge is 0.222 e. The van der Waals surface area contributed by atoms with Crippen LogP contribution in [0.25, 0.3) is 0 Å². The number of rotatable bonds is 5. The van der Waals surface area contributed by atoms with Crippen LogP contribution in [0.5, 0.6) is 0 Å². The van der Waals surface area contributed by atoms with Gasteiger partial charge in [-0.25, -0.2) is 9.97 Å². The highest BCUT2D eigenvalue weighted by atomic mass is 35.5. The molecule has 1 aromatic carbocycles. The Morgan fingerprint density at radius 1 is 1.33 bits per heavy atom. The van der Waals surface area contributed by atoms with E-state index in [-0.39, 0.29) is 5.41 Å². The van der Waals surface area contributed by atoms with Gasteiger partial charge in [0.05, 0.1) is 24.3 Å². The molecule has 5 rings (SSSR count). The van der Waals surface area contributed by atoms with E-state index < -0.39 is 0 Å². The fraction of sp³-hybridized carbons (Fsp3) is 0.524. The summed E-state index contributed by atoms with van der Waals surface area (Å²) in [6.07, 6.45) is 5.68. The molecule has 27 heavy (non-hydrogen) atoms. The number of benzene rings is 1. The Morgan fingerprint density at radius 2 is 2.26 bits per heavy atom. The van der Waals surface area contributed by atoms with E-state index in [0.29, 0.717) is 6.61 Å². The summed E-state index contributed by atoms with van der Waals surface area (Å²) >= 11 is 6.15. The van der Waals surface area contributed by atoms with Crippen LogP contribution in [0.1, 0.15) is 36.1 Å². The lowest BCUT2D eigenvalue weighted by atomic mass is 9.80. The average Bonchev–Trinajstić information content (AvgIpc) is 3.42. The standard InChI is InChI=1S/C21H25ClN4O/c22-18-3-1-2-16(8-18)11-26-7-6-21(13-26)14-27-12-17-10-24-20(25-19(17)21)23-9-15-4-5-15/h1-3,8,10,15H,4-7,9,11-14H2,(H,23,24,25). The number of fused-ring (bicyclic) bond motifs is 2. The van der Waals surface area contributed by atoms with Crippen molar-refractivity contribution in [3.63, 3.8) is 0 Å². The van der Waals surface area contributed by atoms with Crippen molar-refractivity contribution in [1.82, 2.24) is 14.9 Å². The molecule has 1 unspecified atom stereocenters. The SMILES string of the molecule is Clc1cccc(CN2CCC3(COCc4cnc(NCC5CC5)nc43)C2)c1. The summed E-state index contributed by atoms with van der Waals surface area (Å²) in [5, 5.41) is 4.23. The Labute approximate surface area is 165 Å². The molecule has 2 aliphatic heterocycles. The van der Waals surface area contributed by atoms with Crippen molar-refractivity contribution in [2.24, 2.45) is 5.92 Å². The monoisotopic (exact) mass is 384 g/mol. The number of nitrogens with one attached hydrogen (secondary N) is 1. The van der Waals surface area contributed by atoms with E-state index in [1.807, 2.05) is 18.3 Å². The van der Waals surface area contributed by atoms with E-state index >= 15 is 0 Å². The van der Waals surface area contributed by atoms with Crippen LogP contribution in [0, 0.1) is 5.92 Å². The molecular formula is C21H25ClN4O. The van der Waals surface area contributed by atoms with Crippen LogP contribution in [0.2, 0.25) is 5.02 Å². The van der Waals surface area contributed by atoms with Gasteiger partial charge < -0.3 is 10.1 Å². The number of nitrogens with zero attached hydrogens (tertiary/aromatic N) is 3. The molecule has 142 valence electrons. The number of ether oxygens (including phenoxy) is 1. The first-order chi connectivity index (χ1) is 13.2. The maximum atomic E-state index is 6.15. The quantitative estimate of drug-likeness (QED) is 0.853. The Kier molecular flexibility index (Phi) is 4.54. The highest BCUT2D eigenvalue weighted by molar-refractivity contribution is 6.30. The lowest BCUT2D eigenvalue weighted by Crippen LogP contribution is -2.40. The normalized spacial score (nSPS) is 24.9. The fourth-order valence-electron chi connectivity index (χ4n) is 4.34. The minimum absolute atomic E-state index is 0.0227. The zero-order valence-corrected chi connectivity index (χ0v) is 16.2. The van der Waals surface area contributed by atoms with Gasteiger partial charge in [0, 0.05) is 36.4 Å². The molecule has 0 bridgehead atoms. The summed E-state index contributed by atoms with van der Waals surface area (Å²) in [4.78, 5) is 12.0. The molecular weight excluding hydrogens is 360 g/mol. The van der Waals surface area contributed by atoms with Crippen molar-refractivity contribution in [1.29, 1.82) is 0 Å².